The lowest BCUT2D eigenvalue weighted by Crippen LogP contribution is -2.15. The first-order chi connectivity index (χ1) is 10.2. The zero-order valence-corrected chi connectivity index (χ0v) is 12.1. The lowest BCUT2D eigenvalue weighted by atomic mass is 9.86. The van der Waals surface area contributed by atoms with Crippen LogP contribution >= 0.6 is 0 Å². The van der Waals surface area contributed by atoms with Gasteiger partial charge in [0.2, 0.25) is 5.71 Å². The zero-order valence-electron chi connectivity index (χ0n) is 12.1. The molecule has 0 saturated carbocycles. The molecule has 3 nitrogen and oxygen atoms in total. The minimum absolute atomic E-state index is 0.666. The topological polar surface area (TPSA) is 52.0 Å². The molecule has 1 aliphatic carbocycles. The number of aromatic nitrogens is 1. The summed E-state index contributed by atoms with van der Waals surface area (Å²) in [5.74, 6) is 1.51. The Morgan fingerprint density at radius 3 is 2.86 bits per heavy atom. The van der Waals surface area contributed by atoms with Crippen LogP contribution < -0.4 is 5.73 Å². The van der Waals surface area contributed by atoms with Crippen LogP contribution in [0, 0.1) is 5.92 Å². The number of pyridine rings is 1. The summed E-state index contributed by atoms with van der Waals surface area (Å²) in [6.45, 7) is 2.28. The number of hydrogen-bond acceptors (Lipinski definition) is 3. The van der Waals surface area contributed by atoms with Crippen LogP contribution in [0.15, 0.2) is 40.8 Å². The minimum Gasteiger partial charge on any atom is -0.438 e. The molecule has 1 atom stereocenters. The number of nitrogens with zero attached hydrogens (tertiary/aromatic N) is 1. The first-order valence-corrected chi connectivity index (χ1v) is 7.48. The lowest BCUT2D eigenvalue weighted by molar-refractivity contribution is 0.494. The van der Waals surface area contributed by atoms with Gasteiger partial charge in [-0.15, -0.1) is 0 Å². The summed E-state index contributed by atoms with van der Waals surface area (Å²) in [6.07, 6.45) is 3.20. The maximum Gasteiger partial charge on any atom is 0.229 e. The van der Waals surface area contributed by atoms with E-state index in [2.05, 4.69) is 6.92 Å². The predicted octanol–water partition coefficient (Wildman–Crippen LogP) is 4.20. The Kier molecular flexibility index (Phi) is 2.74. The van der Waals surface area contributed by atoms with Gasteiger partial charge in [0.25, 0.3) is 0 Å². The van der Waals surface area contributed by atoms with E-state index in [1.807, 2.05) is 36.4 Å². The molecule has 0 fully saturated rings. The van der Waals surface area contributed by atoms with Crippen LogP contribution in [0.4, 0.5) is 5.69 Å². The maximum absolute atomic E-state index is 6.39. The Hall–Kier alpha value is -2.29. The van der Waals surface area contributed by atoms with Gasteiger partial charge in [0, 0.05) is 16.9 Å². The second-order valence-electron chi connectivity index (χ2n) is 5.99. The highest BCUT2D eigenvalue weighted by atomic mass is 16.3. The number of rotatable bonds is 1. The second-order valence-corrected chi connectivity index (χ2v) is 5.99. The SMILES string of the molecule is C[C@@H]1CCc2nc3oc(-c4ccccc4)cc3c(N)c2C1. The Morgan fingerprint density at radius 2 is 2.05 bits per heavy atom. The highest BCUT2D eigenvalue weighted by Crippen LogP contribution is 2.36. The fourth-order valence-electron chi connectivity index (χ4n) is 3.18. The van der Waals surface area contributed by atoms with Gasteiger partial charge in [-0.1, -0.05) is 37.3 Å². The van der Waals surface area contributed by atoms with Gasteiger partial charge in [0.15, 0.2) is 0 Å². The summed E-state index contributed by atoms with van der Waals surface area (Å²) < 4.78 is 5.94. The standard InChI is InChI=1S/C18H18N2O/c1-11-7-8-15-13(9-11)17(19)14-10-16(21-18(14)20-15)12-5-3-2-4-6-12/h2-6,10-11H,7-9H2,1H3,(H2,19,20)/t11-/m1/s1. The predicted molar refractivity (Wildman–Crippen MR) is 85.0 cm³/mol. The zero-order chi connectivity index (χ0) is 14.4. The number of aryl methyl sites for hydroxylation is 1. The molecule has 106 valence electrons. The van der Waals surface area contributed by atoms with E-state index < -0.39 is 0 Å². The Balaban J connectivity index is 1.91. The fourth-order valence-corrected chi connectivity index (χ4v) is 3.18. The third-order valence-corrected chi connectivity index (χ3v) is 4.40. The maximum atomic E-state index is 6.39. The molecule has 2 aromatic heterocycles. The molecule has 0 bridgehead atoms. The molecule has 4 rings (SSSR count). The van der Waals surface area contributed by atoms with Gasteiger partial charge >= 0.3 is 0 Å². The normalized spacial score (nSPS) is 17.9. The number of furan rings is 1. The van der Waals surface area contributed by atoms with Crippen LogP contribution in [0.25, 0.3) is 22.4 Å². The van der Waals surface area contributed by atoms with Crippen molar-refractivity contribution in [1.82, 2.24) is 4.98 Å². The van der Waals surface area contributed by atoms with Crippen molar-refractivity contribution in [3.05, 3.63) is 47.7 Å². The van der Waals surface area contributed by atoms with Crippen molar-refractivity contribution in [2.24, 2.45) is 5.92 Å². The van der Waals surface area contributed by atoms with E-state index in [0.717, 1.165) is 40.9 Å². The summed E-state index contributed by atoms with van der Waals surface area (Å²) in [7, 11) is 0. The molecule has 0 aliphatic heterocycles. The van der Waals surface area contributed by atoms with Crippen LogP contribution in [-0.2, 0) is 12.8 Å². The highest BCUT2D eigenvalue weighted by Gasteiger charge is 2.22. The van der Waals surface area contributed by atoms with Crippen molar-refractivity contribution >= 4 is 16.8 Å². The highest BCUT2D eigenvalue weighted by molar-refractivity contribution is 5.92. The average Bonchev–Trinajstić information content (AvgIpc) is 2.94. The number of nitrogens with two attached hydrogens (primary N) is 1. The molecule has 3 heteroatoms. The van der Waals surface area contributed by atoms with Crippen LogP contribution in [0.3, 0.4) is 0 Å². The molecule has 2 N–H and O–H groups in total. The minimum atomic E-state index is 0.666. The monoisotopic (exact) mass is 278 g/mol. The molecule has 21 heavy (non-hydrogen) atoms. The average molecular weight is 278 g/mol. The first kappa shape index (κ1) is 12.5. The summed E-state index contributed by atoms with van der Waals surface area (Å²) in [4.78, 5) is 4.71. The van der Waals surface area contributed by atoms with Crippen LogP contribution in [0.1, 0.15) is 24.6 Å². The van der Waals surface area contributed by atoms with Crippen LogP contribution in [-0.4, -0.2) is 4.98 Å². The van der Waals surface area contributed by atoms with E-state index >= 15 is 0 Å². The molecular weight excluding hydrogens is 260 g/mol. The van der Waals surface area contributed by atoms with Crippen molar-refractivity contribution in [2.45, 2.75) is 26.2 Å². The Morgan fingerprint density at radius 1 is 1.24 bits per heavy atom. The first-order valence-electron chi connectivity index (χ1n) is 7.48. The van der Waals surface area contributed by atoms with Crippen LogP contribution in [0.2, 0.25) is 0 Å². The van der Waals surface area contributed by atoms with Crippen molar-refractivity contribution in [3.8, 4) is 11.3 Å². The molecule has 3 aromatic rings. The van der Waals surface area contributed by atoms with Gasteiger partial charge in [-0.3, -0.25) is 0 Å². The van der Waals surface area contributed by atoms with Crippen molar-refractivity contribution < 1.29 is 4.42 Å². The smallest absolute Gasteiger partial charge is 0.229 e. The van der Waals surface area contributed by atoms with E-state index in [0.29, 0.717) is 11.6 Å². The van der Waals surface area contributed by atoms with E-state index in [4.69, 9.17) is 15.1 Å². The lowest BCUT2D eigenvalue weighted by Gasteiger charge is -2.21. The molecule has 0 spiro atoms. The van der Waals surface area contributed by atoms with Gasteiger partial charge in [-0.2, -0.15) is 0 Å². The Bertz CT molecular complexity index is 805. The third-order valence-electron chi connectivity index (χ3n) is 4.40. The van der Waals surface area contributed by atoms with Gasteiger partial charge < -0.3 is 10.2 Å². The van der Waals surface area contributed by atoms with Gasteiger partial charge in [-0.05, 0) is 36.8 Å². The van der Waals surface area contributed by atoms with E-state index in [1.165, 1.54) is 12.0 Å². The quantitative estimate of drug-likeness (QED) is 0.725. The molecule has 0 saturated heterocycles. The van der Waals surface area contributed by atoms with E-state index in [9.17, 15) is 0 Å². The molecule has 0 amide bonds. The van der Waals surface area contributed by atoms with Gasteiger partial charge in [-0.25, -0.2) is 4.98 Å². The molecule has 0 unspecified atom stereocenters. The number of nitrogen functional groups attached to an aromatic ring is 1. The fraction of sp³-hybridized carbons (Fsp3) is 0.278. The number of anilines is 1. The largest absolute Gasteiger partial charge is 0.438 e. The number of hydrogen-bond donors (Lipinski definition) is 1. The molecule has 2 heterocycles. The summed E-state index contributed by atoms with van der Waals surface area (Å²) in [5.41, 5.74) is 11.3. The van der Waals surface area contributed by atoms with E-state index in [-0.39, 0.29) is 0 Å². The number of fused-ring (bicyclic) bond motifs is 2. The number of benzene rings is 1. The molecule has 1 aliphatic rings. The summed E-state index contributed by atoms with van der Waals surface area (Å²) >= 11 is 0. The molecule has 0 radical (unpaired) electrons. The van der Waals surface area contributed by atoms with Gasteiger partial charge in [0.05, 0.1) is 5.39 Å². The Labute approximate surface area is 123 Å². The molecule has 1 aromatic carbocycles. The van der Waals surface area contributed by atoms with Crippen molar-refractivity contribution in [1.29, 1.82) is 0 Å². The van der Waals surface area contributed by atoms with E-state index in [1.54, 1.807) is 0 Å². The van der Waals surface area contributed by atoms with Crippen molar-refractivity contribution in [3.63, 3.8) is 0 Å². The molecular formula is C18H18N2O. The summed E-state index contributed by atoms with van der Waals surface area (Å²) in [6, 6.07) is 12.1. The van der Waals surface area contributed by atoms with Gasteiger partial charge in [0.1, 0.15) is 5.76 Å². The van der Waals surface area contributed by atoms with Crippen LogP contribution in [0.5, 0.6) is 0 Å². The summed E-state index contributed by atoms with van der Waals surface area (Å²) in [5, 5.41) is 0.946. The second kappa shape index (κ2) is 4.62. The van der Waals surface area contributed by atoms with Crippen molar-refractivity contribution in [2.75, 3.05) is 5.73 Å². The third kappa shape index (κ3) is 2.00.